The minimum atomic E-state index is 0.543. The van der Waals surface area contributed by atoms with Gasteiger partial charge in [0.1, 0.15) is 5.82 Å². The lowest BCUT2D eigenvalue weighted by Crippen LogP contribution is -1.97. The summed E-state index contributed by atoms with van der Waals surface area (Å²) in [6.45, 7) is 3.20. The van der Waals surface area contributed by atoms with Crippen molar-refractivity contribution < 1.29 is 4.74 Å². The van der Waals surface area contributed by atoms with E-state index in [1.165, 1.54) is 0 Å². The van der Waals surface area contributed by atoms with E-state index in [9.17, 15) is 0 Å². The van der Waals surface area contributed by atoms with Crippen LogP contribution in [0, 0.1) is 0 Å². The molecule has 0 atom stereocenters. The van der Waals surface area contributed by atoms with Gasteiger partial charge in [0.15, 0.2) is 0 Å². The summed E-state index contributed by atoms with van der Waals surface area (Å²) in [7, 11) is 0. The van der Waals surface area contributed by atoms with Gasteiger partial charge in [0.25, 0.3) is 0 Å². The molecular formula is C8H12N2O. The molecule has 1 aromatic heterocycles. The average Bonchev–Trinajstić information content (AvgIpc) is 2.01. The third-order valence-electron chi connectivity index (χ3n) is 1.28. The molecule has 0 saturated carbocycles. The highest BCUT2D eigenvalue weighted by atomic mass is 16.5. The SMILES string of the molecule is CCOCc1cccc(N)n1. The van der Waals surface area contributed by atoms with Gasteiger partial charge in [-0.3, -0.25) is 0 Å². The molecule has 1 rings (SSSR count). The van der Waals surface area contributed by atoms with Gasteiger partial charge in [-0.2, -0.15) is 0 Å². The Labute approximate surface area is 66.2 Å². The fourth-order valence-corrected chi connectivity index (χ4v) is 0.785. The number of aromatic nitrogens is 1. The van der Waals surface area contributed by atoms with Crippen molar-refractivity contribution >= 4 is 5.82 Å². The fraction of sp³-hybridized carbons (Fsp3) is 0.375. The smallest absolute Gasteiger partial charge is 0.123 e. The molecule has 2 N–H and O–H groups in total. The third kappa shape index (κ3) is 2.55. The van der Waals surface area contributed by atoms with Crippen LogP contribution >= 0.6 is 0 Å². The molecule has 0 radical (unpaired) electrons. The van der Waals surface area contributed by atoms with Crippen LogP contribution < -0.4 is 5.73 Å². The van der Waals surface area contributed by atoms with Crippen molar-refractivity contribution in [3.8, 4) is 0 Å². The van der Waals surface area contributed by atoms with Crippen molar-refractivity contribution in [3.63, 3.8) is 0 Å². The van der Waals surface area contributed by atoms with Crippen molar-refractivity contribution in [1.29, 1.82) is 0 Å². The topological polar surface area (TPSA) is 48.1 Å². The Morgan fingerprint density at radius 2 is 2.36 bits per heavy atom. The highest BCUT2D eigenvalue weighted by Gasteiger charge is 1.92. The van der Waals surface area contributed by atoms with E-state index >= 15 is 0 Å². The average molecular weight is 152 g/mol. The van der Waals surface area contributed by atoms with Gasteiger partial charge < -0.3 is 10.5 Å². The van der Waals surface area contributed by atoms with Gasteiger partial charge in [0.05, 0.1) is 12.3 Å². The predicted octanol–water partition coefficient (Wildman–Crippen LogP) is 1.20. The number of hydrogen-bond donors (Lipinski definition) is 1. The number of anilines is 1. The van der Waals surface area contributed by atoms with Crippen molar-refractivity contribution in [2.75, 3.05) is 12.3 Å². The van der Waals surface area contributed by atoms with Crippen molar-refractivity contribution in [2.24, 2.45) is 0 Å². The Kier molecular flexibility index (Phi) is 2.86. The maximum Gasteiger partial charge on any atom is 0.123 e. The molecule has 0 amide bonds. The van der Waals surface area contributed by atoms with Crippen molar-refractivity contribution in [1.82, 2.24) is 4.98 Å². The number of pyridine rings is 1. The minimum Gasteiger partial charge on any atom is -0.384 e. The van der Waals surface area contributed by atoms with Crippen LogP contribution in [-0.2, 0) is 11.3 Å². The lowest BCUT2D eigenvalue weighted by atomic mass is 10.3. The van der Waals surface area contributed by atoms with Crippen LogP contribution in [0.2, 0.25) is 0 Å². The summed E-state index contributed by atoms with van der Waals surface area (Å²) in [4.78, 5) is 4.06. The second kappa shape index (κ2) is 3.93. The molecule has 11 heavy (non-hydrogen) atoms. The Morgan fingerprint density at radius 1 is 1.55 bits per heavy atom. The lowest BCUT2D eigenvalue weighted by Gasteiger charge is -2.00. The van der Waals surface area contributed by atoms with Crippen LogP contribution in [0.15, 0.2) is 18.2 Å². The standard InChI is InChI=1S/C8H12N2O/c1-2-11-6-7-4-3-5-8(9)10-7/h3-5H,2,6H2,1H3,(H2,9,10). The number of rotatable bonds is 3. The van der Waals surface area contributed by atoms with Gasteiger partial charge in [-0.1, -0.05) is 6.07 Å². The van der Waals surface area contributed by atoms with E-state index in [2.05, 4.69) is 4.98 Å². The van der Waals surface area contributed by atoms with Crippen LogP contribution in [0.5, 0.6) is 0 Å². The Balaban J connectivity index is 2.56. The van der Waals surface area contributed by atoms with Gasteiger partial charge in [0, 0.05) is 6.61 Å². The van der Waals surface area contributed by atoms with E-state index in [1.807, 2.05) is 19.1 Å². The van der Waals surface area contributed by atoms with Crippen LogP contribution in [0.4, 0.5) is 5.82 Å². The number of nitrogens with zero attached hydrogens (tertiary/aromatic N) is 1. The maximum atomic E-state index is 5.46. The van der Waals surface area contributed by atoms with Crippen LogP contribution in [0.25, 0.3) is 0 Å². The monoisotopic (exact) mass is 152 g/mol. The normalized spacial score (nSPS) is 9.91. The zero-order valence-electron chi connectivity index (χ0n) is 6.58. The molecule has 0 unspecified atom stereocenters. The van der Waals surface area contributed by atoms with E-state index in [1.54, 1.807) is 6.07 Å². The van der Waals surface area contributed by atoms with Crippen LogP contribution in [-0.4, -0.2) is 11.6 Å². The number of ether oxygens (including phenoxy) is 1. The first kappa shape index (κ1) is 8.01. The Hall–Kier alpha value is -1.09. The van der Waals surface area contributed by atoms with Crippen LogP contribution in [0.3, 0.4) is 0 Å². The molecule has 0 fully saturated rings. The van der Waals surface area contributed by atoms with E-state index in [0.717, 1.165) is 5.69 Å². The maximum absolute atomic E-state index is 5.46. The first-order valence-electron chi connectivity index (χ1n) is 3.62. The summed E-state index contributed by atoms with van der Waals surface area (Å²) in [5.74, 6) is 0.544. The van der Waals surface area contributed by atoms with E-state index in [4.69, 9.17) is 10.5 Å². The molecule has 0 saturated heterocycles. The summed E-state index contributed by atoms with van der Waals surface area (Å²) >= 11 is 0. The number of hydrogen-bond acceptors (Lipinski definition) is 3. The van der Waals surface area contributed by atoms with Crippen molar-refractivity contribution in [2.45, 2.75) is 13.5 Å². The molecule has 0 aromatic carbocycles. The zero-order chi connectivity index (χ0) is 8.10. The summed E-state index contributed by atoms with van der Waals surface area (Å²) in [5, 5.41) is 0. The minimum absolute atomic E-state index is 0.543. The molecule has 3 nitrogen and oxygen atoms in total. The highest BCUT2D eigenvalue weighted by Crippen LogP contribution is 2.01. The molecule has 1 heterocycles. The summed E-state index contributed by atoms with van der Waals surface area (Å²) in [6.07, 6.45) is 0. The van der Waals surface area contributed by atoms with Crippen molar-refractivity contribution in [3.05, 3.63) is 23.9 Å². The highest BCUT2D eigenvalue weighted by molar-refractivity contribution is 5.28. The fourth-order valence-electron chi connectivity index (χ4n) is 0.785. The lowest BCUT2D eigenvalue weighted by molar-refractivity contribution is 0.131. The largest absolute Gasteiger partial charge is 0.384 e. The summed E-state index contributed by atoms with van der Waals surface area (Å²) < 4.78 is 5.16. The van der Waals surface area contributed by atoms with Gasteiger partial charge in [-0.15, -0.1) is 0 Å². The second-order valence-corrected chi connectivity index (χ2v) is 2.19. The predicted molar refractivity (Wildman–Crippen MR) is 44.0 cm³/mol. The number of nitrogen functional groups attached to an aromatic ring is 1. The summed E-state index contributed by atoms with van der Waals surface area (Å²) in [5.41, 5.74) is 6.35. The van der Waals surface area contributed by atoms with Crippen LogP contribution in [0.1, 0.15) is 12.6 Å². The van der Waals surface area contributed by atoms with Gasteiger partial charge in [-0.05, 0) is 19.1 Å². The molecule has 0 bridgehead atoms. The molecule has 1 aromatic rings. The second-order valence-electron chi connectivity index (χ2n) is 2.19. The Bertz CT molecular complexity index is 225. The molecule has 0 aliphatic heterocycles. The first-order chi connectivity index (χ1) is 5.33. The molecule has 3 heteroatoms. The molecule has 0 aliphatic carbocycles. The third-order valence-corrected chi connectivity index (χ3v) is 1.28. The van der Waals surface area contributed by atoms with E-state index < -0.39 is 0 Å². The summed E-state index contributed by atoms with van der Waals surface area (Å²) in [6, 6.07) is 5.53. The molecular weight excluding hydrogens is 140 g/mol. The van der Waals surface area contributed by atoms with Gasteiger partial charge in [-0.25, -0.2) is 4.98 Å². The number of nitrogens with two attached hydrogens (primary N) is 1. The zero-order valence-corrected chi connectivity index (χ0v) is 6.58. The van der Waals surface area contributed by atoms with E-state index in [-0.39, 0.29) is 0 Å². The molecule has 0 aliphatic rings. The van der Waals surface area contributed by atoms with Gasteiger partial charge in [0.2, 0.25) is 0 Å². The Morgan fingerprint density at radius 3 is 3.00 bits per heavy atom. The van der Waals surface area contributed by atoms with E-state index in [0.29, 0.717) is 19.0 Å². The first-order valence-corrected chi connectivity index (χ1v) is 3.62. The quantitative estimate of drug-likeness (QED) is 0.708. The van der Waals surface area contributed by atoms with Gasteiger partial charge >= 0.3 is 0 Å². The molecule has 60 valence electrons. The molecule has 0 spiro atoms.